The van der Waals surface area contributed by atoms with E-state index < -0.39 is 0 Å². The first-order valence-corrected chi connectivity index (χ1v) is 7.19. The molecule has 23 heavy (non-hydrogen) atoms. The number of ketones is 1. The van der Waals surface area contributed by atoms with Crippen molar-refractivity contribution < 1.29 is 4.79 Å². The molecule has 0 bridgehead atoms. The van der Waals surface area contributed by atoms with E-state index in [0.717, 1.165) is 16.6 Å². The van der Waals surface area contributed by atoms with E-state index in [1.54, 1.807) is 16.6 Å². The fourth-order valence-corrected chi connectivity index (χ4v) is 2.71. The predicted octanol–water partition coefficient (Wildman–Crippen LogP) is 3.23. The number of benzene rings is 2. The summed E-state index contributed by atoms with van der Waals surface area (Å²) in [5.41, 5.74) is 4.25. The number of fused-ring (bicyclic) bond motifs is 3. The van der Waals surface area contributed by atoms with Crippen LogP contribution in [0.25, 0.3) is 16.7 Å². The number of rotatable bonds is 2. The third kappa shape index (κ3) is 1.93. The van der Waals surface area contributed by atoms with Crippen LogP contribution in [-0.2, 0) is 0 Å². The van der Waals surface area contributed by atoms with E-state index >= 15 is 0 Å². The van der Waals surface area contributed by atoms with Crippen LogP contribution in [0.3, 0.4) is 0 Å². The van der Waals surface area contributed by atoms with Gasteiger partial charge in [-0.25, -0.2) is 9.50 Å². The summed E-state index contributed by atoms with van der Waals surface area (Å²) < 4.78 is 1.69. The lowest BCUT2D eigenvalue weighted by atomic mass is 10.0. The Morgan fingerprint density at radius 1 is 1.17 bits per heavy atom. The molecule has 0 radical (unpaired) electrons. The molecule has 0 saturated heterocycles. The Balaban J connectivity index is 1.95. The van der Waals surface area contributed by atoms with Crippen LogP contribution in [0, 0.1) is 18.3 Å². The summed E-state index contributed by atoms with van der Waals surface area (Å²) in [4.78, 5) is 17.2. The van der Waals surface area contributed by atoms with Crippen molar-refractivity contribution in [3.8, 4) is 6.07 Å². The fourth-order valence-electron chi connectivity index (χ4n) is 2.71. The Hall–Kier alpha value is -3.39. The van der Waals surface area contributed by atoms with Gasteiger partial charge in [-0.15, -0.1) is 0 Å². The van der Waals surface area contributed by atoms with Crippen LogP contribution in [0.1, 0.15) is 27.2 Å². The van der Waals surface area contributed by atoms with E-state index in [1.165, 1.54) is 0 Å². The minimum Gasteiger partial charge on any atom is -0.287 e. The molecule has 2 aromatic carbocycles. The van der Waals surface area contributed by atoms with Crippen molar-refractivity contribution in [1.82, 2.24) is 14.6 Å². The maximum Gasteiger partial charge on any atom is 0.212 e. The molecule has 0 amide bonds. The molecular weight excluding hydrogens is 288 g/mol. The van der Waals surface area contributed by atoms with Gasteiger partial charge in [0.1, 0.15) is 17.3 Å². The molecule has 1 N–H and O–H groups in total. The van der Waals surface area contributed by atoms with Crippen LogP contribution >= 0.6 is 0 Å². The van der Waals surface area contributed by atoms with Crippen molar-refractivity contribution in [1.29, 1.82) is 5.26 Å². The van der Waals surface area contributed by atoms with E-state index in [9.17, 15) is 10.1 Å². The molecular formula is C18H12N4O. The van der Waals surface area contributed by atoms with E-state index in [4.69, 9.17) is 0 Å². The number of aromatic nitrogens is 3. The van der Waals surface area contributed by atoms with Crippen molar-refractivity contribution in [3.63, 3.8) is 0 Å². The van der Waals surface area contributed by atoms with Gasteiger partial charge in [0.05, 0.1) is 11.0 Å². The second-order valence-electron chi connectivity index (χ2n) is 5.43. The molecule has 0 saturated carbocycles. The van der Waals surface area contributed by atoms with Gasteiger partial charge in [-0.2, -0.15) is 5.26 Å². The summed E-state index contributed by atoms with van der Waals surface area (Å²) in [5, 5.41) is 12.5. The number of H-pyrrole nitrogens is 1. The topological polar surface area (TPSA) is 73.9 Å². The average Bonchev–Trinajstić information content (AvgIpc) is 3.10. The Bertz CT molecular complexity index is 1090. The molecule has 110 valence electrons. The zero-order valence-corrected chi connectivity index (χ0v) is 12.4. The summed E-state index contributed by atoms with van der Waals surface area (Å²) in [6.45, 7) is 1.96. The van der Waals surface area contributed by atoms with Crippen LogP contribution in [0.5, 0.6) is 0 Å². The Kier molecular flexibility index (Phi) is 2.78. The molecule has 2 aromatic heterocycles. The zero-order chi connectivity index (χ0) is 16.0. The number of carbonyl (C=O) groups is 1. The molecule has 2 heterocycles. The average molecular weight is 300 g/mol. The number of hydrogen-bond acceptors (Lipinski definition) is 3. The molecule has 5 heteroatoms. The highest BCUT2D eigenvalue weighted by Crippen LogP contribution is 2.23. The molecule has 0 unspecified atom stereocenters. The molecule has 0 spiro atoms. The summed E-state index contributed by atoms with van der Waals surface area (Å²) in [6.07, 6.45) is 0. The first-order valence-electron chi connectivity index (χ1n) is 7.19. The maximum atomic E-state index is 12.7. The quantitative estimate of drug-likeness (QED) is 0.578. The first-order chi connectivity index (χ1) is 11.2. The van der Waals surface area contributed by atoms with Crippen LogP contribution in [-0.4, -0.2) is 20.4 Å². The van der Waals surface area contributed by atoms with Gasteiger partial charge in [-0.3, -0.25) is 9.89 Å². The zero-order valence-electron chi connectivity index (χ0n) is 12.4. The monoisotopic (exact) mass is 300 g/mol. The van der Waals surface area contributed by atoms with Gasteiger partial charge in [-0.1, -0.05) is 42.0 Å². The number of carbonyl (C=O) groups excluding carboxylic acids is 1. The number of nitriles is 1. The number of para-hydroxylation sites is 2. The van der Waals surface area contributed by atoms with Gasteiger partial charge in [0, 0.05) is 5.56 Å². The largest absolute Gasteiger partial charge is 0.287 e. The van der Waals surface area contributed by atoms with E-state index in [2.05, 4.69) is 16.2 Å². The summed E-state index contributed by atoms with van der Waals surface area (Å²) in [6, 6.07) is 16.9. The normalized spacial score (nSPS) is 11.0. The Morgan fingerprint density at radius 3 is 2.65 bits per heavy atom. The van der Waals surface area contributed by atoms with E-state index in [0.29, 0.717) is 11.2 Å². The number of nitrogens with one attached hydrogen (secondary N) is 1. The standard InChI is InChI=1S/C18H12N4O/c1-11-6-8-12(9-7-11)17(23)16-13(10-19)18-20-14-4-2-3-5-15(14)22(18)21-16/h2-9,21H,1H3. The minimum atomic E-state index is -0.212. The summed E-state index contributed by atoms with van der Waals surface area (Å²) in [7, 11) is 0. The van der Waals surface area contributed by atoms with Crippen LogP contribution < -0.4 is 0 Å². The molecule has 0 fully saturated rings. The predicted molar refractivity (Wildman–Crippen MR) is 86.4 cm³/mol. The maximum absolute atomic E-state index is 12.7. The third-order valence-corrected chi connectivity index (χ3v) is 3.91. The number of hydrogen-bond donors (Lipinski definition) is 1. The lowest BCUT2D eigenvalue weighted by molar-refractivity contribution is 0.103. The summed E-state index contributed by atoms with van der Waals surface area (Å²) in [5.74, 6) is -0.212. The van der Waals surface area contributed by atoms with Crippen LogP contribution in [0.2, 0.25) is 0 Å². The second kappa shape index (κ2) is 4.82. The van der Waals surface area contributed by atoms with Crippen molar-refractivity contribution in [2.24, 2.45) is 0 Å². The van der Waals surface area contributed by atoms with Gasteiger partial charge >= 0.3 is 0 Å². The Labute approximate surface area is 131 Å². The van der Waals surface area contributed by atoms with E-state index in [-0.39, 0.29) is 17.0 Å². The number of aromatic amines is 1. The molecule has 0 aliphatic rings. The van der Waals surface area contributed by atoms with Crippen molar-refractivity contribution in [3.05, 3.63) is 70.9 Å². The highest BCUT2D eigenvalue weighted by Gasteiger charge is 2.22. The van der Waals surface area contributed by atoms with Crippen LogP contribution in [0.4, 0.5) is 0 Å². The number of nitrogens with zero attached hydrogens (tertiary/aromatic N) is 3. The molecule has 4 rings (SSSR count). The fraction of sp³-hybridized carbons (Fsp3) is 0.0556. The van der Waals surface area contributed by atoms with Crippen molar-refractivity contribution in [2.75, 3.05) is 0 Å². The third-order valence-electron chi connectivity index (χ3n) is 3.91. The van der Waals surface area contributed by atoms with Gasteiger partial charge in [0.25, 0.3) is 0 Å². The van der Waals surface area contributed by atoms with Gasteiger partial charge in [0.2, 0.25) is 5.78 Å². The lowest BCUT2D eigenvalue weighted by Gasteiger charge is -2.00. The van der Waals surface area contributed by atoms with Gasteiger partial charge < -0.3 is 0 Å². The minimum absolute atomic E-state index is 0.212. The lowest BCUT2D eigenvalue weighted by Crippen LogP contribution is -2.04. The number of imidazole rings is 1. The smallest absolute Gasteiger partial charge is 0.212 e. The van der Waals surface area contributed by atoms with Gasteiger partial charge in [-0.05, 0) is 19.1 Å². The molecule has 0 aliphatic carbocycles. The van der Waals surface area contributed by atoms with Crippen molar-refractivity contribution in [2.45, 2.75) is 6.92 Å². The van der Waals surface area contributed by atoms with Crippen molar-refractivity contribution >= 4 is 22.5 Å². The summed E-state index contributed by atoms with van der Waals surface area (Å²) >= 11 is 0. The molecule has 0 atom stereocenters. The molecule has 5 nitrogen and oxygen atoms in total. The van der Waals surface area contributed by atoms with Crippen LogP contribution in [0.15, 0.2) is 48.5 Å². The molecule has 0 aliphatic heterocycles. The second-order valence-corrected chi connectivity index (χ2v) is 5.43. The number of aryl methyl sites for hydroxylation is 1. The highest BCUT2D eigenvalue weighted by atomic mass is 16.1. The first kappa shape index (κ1) is 13.3. The SMILES string of the molecule is Cc1ccc(C(=O)c2[nH]n3c(nc4ccccc43)c2C#N)cc1. The molecule has 4 aromatic rings. The highest BCUT2D eigenvalue weighted by molar-refractivity contribution is 6.10. The Morgan fingerprint density at radius 2 is 1.91 bits per heavy atom. The van der Waals surface area contributed by atoms with Gasteiger partial charge in [0.15, 0.2) is 5.65 Å². The van der Waals surface area contributed by atoms with E-state index in [1.807, 2.05) is 43.3 Å².